The molecule has 0 saturated heterocycles. The van der Waals surface area contributed by atoms with E-state index in [9.17, 15) is 19.2 Å². The van der Waals surface area contributed by atoms with Crippen LogP contribution in [0.2, 0.25) is 5.02 Å². The lowest BCUT2D eigenvalue weighted by Gasteiger charge is -2.22. The molecule has 11 heteroatoms. The molecule has 4 aromatic rings. The van der Waals surface area contributed by atoms with E-state index in [0.717, 1.165) is 30.4 Å². The van der Waals surface area contributed by atoms with Gasteiger partial charge in [-0.1, -0.05) is 43.0 Å². The number of nitrogens with one attached hydrogen (secondary N) is 2. The third-order valence-electron chi connectivity index (χ3n) is 6.54. The molecule has 0 radical (unpaired) electrons. The minimum atomic E-state index is -0.607. The Bertz CT molecular complexity index is 1610. The van der Waals surface area contributed by atoms with E-state index in [0.29, 0.717) is 16.3 Å². The van der Waals surface area contributed by atoms with Gasteiger partial charge in [0.05, 0.1) is 21.6 Å². The van der Waals surface area contributed by atoms with Crippen molar-refractivity contribution in [1.82, 2.24) is 24.1 Å². The molecule has 1 saturated carbocycles. The van der Waals surface area contributed by atoms with Gasteiger partial charge in [-0.15, -0.1) is 5.10 Å². The number of hydrogen-bond donors (Lipinski definition) is 2. The first-order valence-electron chi connectivity index (χ1n) is 11.8. The molecular formula is C25H25ClN6O4. The van der Waals surface area contributed by atoms with E-state index in [1.807, 2.05) is 0 Å². The van der Waals surface area contributed by atoms with Gasteiger partial charge in [-0.25, -0.2) is 13.9 Å². The highest BCUT2D eigenvalue weighted by atomic mass is 35.5. The maximum absolute atomic E-state index is 13.3. The Morgan fingerprint density at radius 3 is 2.58 bits per heavy atom. The van der Waals surface area contributed by atoms with Crippen LogP contribution in [0.1, 0.15) is 42.5 Å². The summed E-state index contributed by atoms with van der Waals surface area (Å²) in [4.78, 5) is 51.8. The molecule has 1 aliphatic carbocycles. The molecule has 0 spiro atoms. The molecule has 2 amide bonds. The van der Waals surface area contributed by atoms with E-state index in [2.05, 4.69) is 15.7 Å². The number of amides is 2. The topological polar surface area (TPSA) is 120 Å². The second-order valence-corrected chi connectivity index (χ2v) is 9.42. The highest BCUT2D eigenvalue weighted by molar-refractivity contribution is 6.33. The number of halogens is 1. The van der Waals surface area contributed by atoms with Crippen molar-refractivity contribution >= 4 is 45.8 Å². The number of para-hydroxylation sites is 1. The number of anilines is 1. The van der Waals surface area contributed by atoms with Gasteiger partial charge in [0, 0.05) is 18.7 Å². The third-order valence-corrected chi connectivity index (χ3v) is 6.87. The Morgan fingerprint density at radius 2 is 1.83 bits per heavy atom. The molecule has 186 valence electrons. The molecule has 0 atom stereocenters. The van der Waals surface area contributed by atoms with Crippen LogP contribution in [0.3, 0.4) is 0 Å². The average Bonchev–Trinajstić information content (AvgIpc) is 3.20. The fourth-order valence-electron chi connectivity index (χ4n) is 4.64. The van der Waals surface area contributed by atoms with Gasteiger partial charge in [0.1, 0.15) is 6.54 Å². The van der Waals surface area contributed by atoms with E-state index in [4.69, 9.17) is 11.6 Å². The Kier molecular flexibility index (Phi) is 6.36. The van der Waals surface area contributed by atoms with Gasteiger partial charge < -0.3 is 10.6 Å². The zero-order valence-electron chi connectivity index (χ0n) is 19.7. The lowest BCUT2D eigenvalue weighted by Crippen LogP contribution is -2.36. The van der Waals surface area contributed by atoms with Gasteiger partial charge in [0.25, 0.3) is 11.5 Å². The zero-order chi connectivity index (χ0) is 25.4. The van der Waals surface area contributed by atoms with Crippen LogP contribution in [0.15, 0.2) is 52.1 Å². The van der Waals surface area contributed by atoms with Crippen molar-refractivity contribution < 1.29 is 9.59 Å². The van der Waals surface area contributed by atoms with Crippen molar-refractivity contribution in [3.8, 4) is 0 Å². The predicted octanol–water partition coefficient (Wildman–Crippen LogP) is 2.70. The first-order chi connectivity index (χ1) is 17.3. The van der Waals surface area contributed by atoms with Crippen molar-refractivity contribution in [3.05, 3.63) is 73.9 Å². The fourth-order valence-corrected chi connectivity index (χ4v) is 4.82. The van der Waals surface area contributed by atoms with Crippen LogP contribution in [0.4, 0.5) is 5.69 Å². The summed E-state index contributed by atoms with van der Waals surface area (Å²) in [6.07, 6.45) is 5.21. The first-order valence-corrected chi connectivity index (χ1v) is 12.2. The van der Waals surface area contributed by atoms with Crippen LogP contribution in [0, 0.1) is 0 Å². The Hall–Kier alpha value is -3.92. The maximum Gasteiger partial charge on any atom is 0.352 e. The van der Waals surface area contributed by atoms with Crippen LogP contribution < -0.4 is 21.9 Å². The van der Waals surface area contributed by atoms with Crippen molar-refractivity contribution in [3.63, 3.8) is 0 Å². The Balaban J connectivity index is 1.52. The smallest absolute Gasteiger partial charge is 0.349 e. The monoisotopic (exact) mass is 508 g/mol. The van der Waals surface area contributed by atoms with E-state index in [1.54, 1.807) is 36.4 Å². The molecule has 1 aliphatic rings. The lowest BCUT2D eigenvalue weighted by atomic mass is 9.95. The highest BCUT2D eigenvalue weighted by Crippen LogP contribution is 2.21. The van der Waals surface area contributed by atoms with Crippen LogP contribution in [0.5, 0.6) is 0 Å². The highest BCUT2D eigenvalue weighted by Gasteiger charge is 2.21. The largest absolute Gasteiger partial charge is 0.352 e. The molecule has 5 rings (SSSR count). The van der Waals surface area contributed by atoms with Gasteiger partial charge in [-0.2, -0.15) is 0 Å². The van der Waals surface area contributed by atoms with Crippen LogP contribution in [0.25, 0.3) is 16.7 Å². The van der Waals surface area contributed by atoms with Crippen molar-refractivity contribution in [2.45, 2.75) is 44.7 Å². The van der Waals surface area contributed by atoms with Crippen LogP contribution >= 0.6 is 11.6 Å². The number of aromatic nitrogens is 4. The Labute approximate surface area is 210 Å². The van der Waals surface area contributed by atoms with E-state index in [-0.39, 0.29) is 40.7 Å². The van der Waals surface area contributed by atoms with E-state index >= 15 is 0 Å². The number of carbonyl (C=O) groups excluding carboxylic acids is 2. The van der Waals surface area contributed by atoms with E-state index < -0.39 is 11.6 Å². The van der Waals surface area contributed by atoms with Gasteiger partial charge in [0.2, 0.25) is 11.7 Å². The molecule has 1 fully saturated rings. The number of benzene rings is 2. The second-order valence-electron chi connectivity index (χ2n) is 9.01. The molecular weight excluding hydrogens is 484 g/mol. The summed E-state index contributed by atoms with van der Waals surface area (Å²) in [6.45, 7) is -0.386. The summed E-state index contributed by atoms with van der Waals surface area (Å²) in [5, 5.41) is 10.6. The summed E-state index contributed by atoms with van der Waals surface area (Å²) in [5.74, 6) is -0.694. The fraction of sp³-hybridized carbons (Fsp3) is 0.320. The van der Waals surface area contributed by atoms with Gasteiger partial charge in [-0.05, 0) is 43.2 Å². The normalized spacial score (nSPS) is 14.3. The van der Waals surface area contributed by atoms with E-state index in [1.165, 1.54) is 28.5 Å². The molecule has 0 unspecified atom stereocenters. The van der Waals surface area contributed by atoms with Crippen LogP contribution in [-0.2, 0) is 18.4 Å². The molecule has 0 bridgehead atoms. The number of nitrogens with zero attached hydrogens (tertiary/aromatic N) is 4. The quantitative estimate of drug-likeness (QED) is 0.429. The molecule has 2 heterocycles. The second kappa shape index (κ2) is 9.62. The summed E-state index contributed by atoms with van der Waals surface area (Å²) in [5.41, 5.74) is 0.0394. The summed E-state index contributed by atoms with van der Waals surface area (Å²) in [6, 6.07) is 11.5. The number of rotatable bonds is 5. The van der Waals surface area contributed by atoms with Crippen molar-refractivity contribution in [1.29, 1.82) is 0 Å². The molecule has 10 nitrogen and oxygen atoms in total. The zero-order valence-corrected chi connectivity index (χ0v) is 20.4. The SMILES string of the molecule is Cn1c(=O)c2ccc(C(=O)NC3CCCCC3)cc2n2c(=O)n(CC(=O)Nc3ccccc3Cl)nc12. The molecule has 2 aromatic heterocycles. The van der Waals surface area contributed by atoms with Gasteiger partial charge in [0.15, 0.2) is 0 Å². The number of aryl methyl sites for hydroxylation is 1. The molecule has 2 aromatic carbocycles. The number of hydrogen-bond acceptors (Lipinski definition) is 5. The molecule has 36 heavy (non-hydrogen) atoms. The third kappa shape index (κ3) is 4.39. The summed E-state index contributed by atoms with van der Waals surface area (Å²) >= 11 is 6.10. The van der Waals surface area contributed by atoms with Crippen molar-refractivity contribution in [2.24, 2.45) is 7.05 Å². The van der Waals surface area contributed by atoms with Crippen molar-refractivity contribution in [2.75, 3.05) is 5.32 Å². The minimum absolute atomic E-state index is 0.0629. The molecule has 0 aliphatic heterocycles. The minimum Gasteiger partial charge on any atom is -0.349 e. The predicted molar refractivity (Wildman–Crippen MR) is 137 cm³/mol. The molecule has 2 N–H and O–H groups in total. The lowest BCUT2D eigenvalue weighted by molar-refractivity contribution is -0.117. The number of fused-ring (bicyclic) bond motifs is 3. The van der Waals surface area contributed by atoms with Gasteiger partial charge >= 0.3 is 5.69 Å². The average molecular weight is 509 g/mol. The van der Waals surface area contributed by atoms with Crippen LogP contribution in [-0.4, -0.2) is 36.6 Å². The maximum atomic E-state index is 13.3. The summed E-state index contributed by atoms with van der Waals surface area (Å²) in [7, 11) is 1.50. The van der Waals surface area contributed by atoms with Gasteiger partial charge in [-0.3, -0.25) is 19.0 Å². The number of carbonyl (C=O) groups is 2. The Morgan fingerprint density at radius 1 is 1.08 bits per heavy atom. The standard InChI is InChI=1S/C25H25ClN6O4/c1-30-23(35)17-12-11-15(22(34)27-16-7-3-2-4-8-16)13-20(17)32-24(30)29-31(25(32)36)14-21(33)28-19-10-6-5-9-18(19)26/h5-6,9-13,16H,2-4,7-8,14H2,1H3,(H,27,34)(H,28,33). The first kappa shape index (κ1) is 23.8. The summed E-state index contributed by atoms with van der Waals surface area (Å²) < 4.78 is 3.47.